The van der Waals surface area contributed by atoms with Gasteiger partial charge in [0.05, 0.1) is 46.1 Å². The number of aryl methyl sites for hydroxylation is 1. The average molecular weight is 829 g/mol. The highest BCUT2D eigenvalue weighted by atomic mass is 32.2. The van der Waals surface area contributed by atoms with Gasteiger partial charge in [0, 0.05) is 46.3 Å². The first-order chi connectivity index (χ1) is 27.3. The summed E-state index contributed by atoms with van der Waals surface area (Å²) >= 11 is 0.692. The van der Waals surface area contributed by atoms with E-state index in [1.807, 2.05) is 6.92 Å². The molecule has 1 amide bonds. The van der Waals surface area contributed by atoms with Crippen LogP contribution in [0.5, 0.6) is 17.2 Å². The summed E-state index contributed by atoms with van der Waals surface area (Å²) in [6.45, 7) is 10.7. The van der Waals surface area contributed by atoms with Gasteiger partial charge in [-0.15, -0.1) is 0 Å². The van der Waals surface area contributed by atoms with Crippen LogP contribution in [0.15, 0.2) is 42.5 Å². The summed E-state index contributed by atoms with van der Waals surface area (Å²) in [5.74, 6) is -1.50. The maximum absolute atomic E-state index is 11.8. The van der Waals surface area contributed by atoms with Crippen molar-refractivity contribution in [2.45, 2.75) is 65.6 Å². The lowest BCUT2D eigenvalue weighted by Gasteiger charge is -2.39. The molecular weight excluding hydrogens is 776 g/mol. The average Bonchev–Trinajstić information content (AvgIpc) is 3.15. The van der Waals surface area contributed by atoms with E-state index >= 15 is 0 Å². The maximum Gasteiger partial charge on any atom is 0.303 e. The van der Waals surface area contributed by atoms with E-state index in [1.54, 1.807) is 42.5 Å². The van der Waals surface area contributed by atoms with Crippen LogP contribution in [-0.4, -0.2) is 126 Å². The number of carboxylic acid groups (broad SMARTS) is 1. The van der Waals surface area contributed by atoms with Crippen LogP contribution in [-0.2, 0) is 57.1 Å². The number of hydrogen-bond acceptors (Lipinski definition) is 18. The summed E-state index contributed by atoms with van der Waals surface area (Å²) < 4.78 is 54.5. The fraction of sp³-hybridized carbons (Fsp3) is 0.514. The van der Waals surface area contributed by atoms with Crippen LogP contribution in [0.1, 0.15) is 50.0 Å². The molecule has 1 heterocycles. The van der Waals surface area contributed by atoms with Crippen molar-refractivity contribution in [2.75, 3.05) is 59.3 Å². The molecule has 0 aliphatic carbocycles. The number of nitrogens with two attached hydrogens (primary N) is 1. The van der Waals surface area contributed by atoms with Crippen LogP contribution in [0, 0.1) is 6.92 Å². The number of benzene rings is 2. The Kier molecular flexibility index (Phi) is 26.5. The maximum atomic E-state index is 11.8. The molecule has 19 nitrogen and oxygen atoms in total. The molecule has 3 rings (SSSR count). The number of nitrogens with one attached hydrogen (secondary N) is 1. The minimum Gasteiger partial charge on any atom is -0.481 e. The molecule has 4 atom stereocenters. The third-order valence-corrected chi connectivity index (χ3v) is 7.17. The van der Waals surface area contributed by atoms with E-state index in [4.69, 9.17) is 61.9 Å². The number of carbonyl (C=O) groups is 6. The second-order valence-corrected chi connectivity index (χ2v) is 12.0. The van der Waals surface area contributed by atoms with Crippen molar-refractivity contribution in [3.8, 4) is 17.2 Å². The molecule has 1 aliphatic rings. The van der Waals surface area contributed by atoms with Gasteiger partial charge in [0.15, 0.2) is 17.6 Å². The zero-order chi connectivity index (χ0) is 42.4. The van der Waals surface area contributed by atoms with Crippen LogP contribution >= 0.6 is 12.3 Å². The van der Waals surface area contributed by atoms with E-state index in [9.17, 15) is 24.0 Å². The van der Waals surface area contributed by atoms with Crippen LogP contribution in [0.25, 0.3) is 0 Å². The van der Waals surface area contributed by atoms with Gasteiger partial charge >= 0.3 is 17.9 Å². The Morgan fingerprint density at radius 2 is 1.46 bits per heavy atom. The van der Waals surface area contributed by atoms with Crippen molar-refractivity contribution in [3.63, 3.8) is 0 Å². The summed E-state index contributed by atoms with van der Waals surface area (Å²) in [5.41, 5.74) is 6.63. The molecule has 1 saturated heterocycles. The zero-order valence-corrected chi connectivity index (χ0v) is 33.4. The van der Waals surface area contributed by atoms with Crippen molar-refractivity contribution < 1.29 is 80.1 Å². The molecule has 20 heteroatoms. The topological polar surface area (TPSA) is 253 Å². The Labute approximate surface area is 335 Å². The first kappa shape index (κ1) is 50.0. The smallest absolute Gasteiger partial charge is 0.303 e. The summed E-state index contributed by atoms with van der Waals surface area (Å²) in [4.78, 5) is 64.5. The van der Waals surface area contributed by atoms with Crippen molar-refractivity contribution >= 4 is 48.9 Å². The number of rotatable bonds is 23. The predicted octanol–water partition coefficient (Wildman–Crippen LogP) is 2.58. The molecule has 0 saturated carbocycles. The number of aldehydes is 1. The van der Waals surface area contributed by atoms with E-state index in [-0.39, 0.29) is 13.0 Å². The fourth-order valence-corrected chi connectivity index (χ4v) is 4.83. The number of aliphatic carboxylic acids is 1. The highest BCUT2D eigenvalue weighted by molar-refractivity contribution is 7.90. The number of amides is 1. The van der Waals surface area contributed by atoms with E-state index in [2.05, 4.69) is 5.32 Å². The molecule has 0 radical (unpaired) electrons. The molecule has 1 aliphatic heterocycles. The summed E-state index contributed by atoms with van der Waals surface area (Å²) in [7, 11) is 0. The molecule has 4 unspecified atom stereocenters. The molecule has 318 valence electrons. The minimum atomic E-state index is -1.01. The van der Waals surface area contributed by atoms with Gasteiger partial charge in [-0.1, -0.05) is 6.07 Å². The van der Waals surface area contributed by atoms with Crippen molar-refractivity contribution in [1.82, 2.24) is 5.32 Å². The van der Waals surface area contributed by atoms with Gasteiger partial charge in [-0.2, -0.15) is 0 Å². The molecule has 0 aromatic heterocycles. The van der Waals surface area contributed by atoms with E-state index in [0.717, 1.165) is 18.8 Å². The van der Waals surface area contributed by atoms with Gasteiger partial charge < -0.3 is 62.4 Å². The first-order valence-electron chi connectivity index (χ1n) is 17.6. The summed E-state index contributed by atoms with van der Waals surface area (Å²) in [5, 5.41) is 9.91. The second kappa shape index (κ2) is 30.2. The normalized spacial score (nSPS) is 16.8. The molecule has 2 aromatic carbocycles. The number of esters is 3. The minimum absolute atomic E-state index is 0.0220. The summed E-state index contributed by atoms with van der Waals surface area (Å²) in [6, 6.07) is 11.7. The van der Waals surface area contributed by atoms with E-state index in [1.165, 1.54) is 20.8 Å². The molecule has 0 spiro atoms. The molecular formula is C37H52N2O17S. The largest absolute Gasteiger partial charge is 0.481 e. The van der Waals surface area contributed by atoms with Crippen LogP contribution in [0.2, 0.25) is 0 Å². The quantitative estimate of drug-likeness (QED) is 0.0478. The highest BCUT2D eigenvalue weighted by Crippen LogP contribution is 2.35. The van der Waals surface area contributed by atoms with Crippen molar-refractivity contribution in [1.29, 1.82) is 0 Å². The monoisotopic (exact) mass is 828 g/mol. The predicted molar refractivity (Wildman–Crippen MR) is 202 cm³/mol. The van der Waals surface area contributed by atoms with Crippen LogP contribution in [0.4, 0.5) is 0 Å². The van der Waals surface area contributed by atoms with Crippen LogP contribution < -0.4 is 24.2 Å². The van der Waals surface area contributed by atoms with Gasteiger partial charge in [-0.3, -0.25) is 28.8 Å². The Bertz CT molecular complexity index is 1490. The van der Waals surface area contributed by atoms with Crippen molar-refractivity contribution in [3.05, 3.63) is 53.6 Å². The van der Waals surface area contributed by atoms with Gasteiger partial charge in [0.1, 0.15) is 30.9 Å². The highest BCUT2D eigenvalue weighted by Gasteiger charge is 2.44. The third kappa shape index (κ3) is 24.3. The fourth-order valence-electron chi connectivity index (χ4n) is 4.40. The van der Waals surface area contributed by atoms with Gasteiger partial charge in [0.25, 0.3) is 18.3 Å². The Balaban J connectivity index is 0.000000711. The van der Waals surface area contributed by atoms with Gasteiger partial charge in [-0.05, 0) is 48.9 Å². The lowest BCUT2D eigenvalue weighted by molar-refractivity contribution is -0.245. The Morgan fingerprint density at radius 3 is 2.02 bits per heavy atom. The summed E-state index contributed by atoms with van der Waals surface area (Å²) in [6.07, 6.45) is -2.47. The zero-order valence-electron chi connectivity index (χ0n) is 32.5. The van der Waals surface area contributed by atoms with Crippen LogP contribution in [0.3, 0.4) is 0 Å². The molecule has 1 fully saturated rings. The van der Waals surface area contributed by atoms with Gasteiger partial charge in [0.2, 0.25) is 12.7 Å². The number of hydrogen-bond donors (Lipinski definition) is 3. The lowest BCUT2D eigenvalue weighted by Crippen LogP contribution is -2.54. The lowest BCUT2D eigenvalue weighted by atomic mass is 10.0. The van der Waals surface area contributed by atoms with E-state index in [0.29, 0.717) is 94.3 Å². The second-order valence-electron chi connectivity index (χ2n) is 11.6. The molecule has 4 N–H and O–H groups in total. The third-order valence-electron chi connectivity index (χ3n) is 6.66. The van der Waals surface area contributed by atoms with E-state index < -0.39 is 48.5 Å². The number of carbonyl (C=O) groups excluding carboxylic acids is 5. The standard InChI is InChI=1S/C26H28O11S.C9H20N2O4.C2H4O2/c1-15-5-10-21(22(11-15)37-38-36-20-8-6-19(13-27)7-9-20)34-25-12-23(32-17(3)29)26(33-18(4)30)24(35-25)14-31-16(2)28;10-1-3-13-5-7-15-8-6-14-4-2-11-9-12;1-2(3)4/h5-11,13,23-26H,12,14H2,1-4H3;9H,1-8,10H2,(H,11,12);1H3,(H,3,4). The SMILES string of the molecule is CC(=O)O.CC(=O)OCC1OC(Oc2ccc(C)cc2OSOc2ccc(C=O)cc2)CC(OC(C)=O)C1OC(C)=O.NCCOCCOCCOCCNC=O. The van der Waals surface area contributed by atoms with Crippen molar-refractivity contribution in [2.24, 2.45) is 5.73 Å². The van der Waals surface area contributed by atoms with Gasteiger partial charge in [-0.25, -0.2) is 0 Å². The Morgan fingerprint density at radius 1 is 0.842 bits per heavy atom. The molecule has 57 heavy (non-hydrogen) atoms. The Hall–Kier alpha value is -4.99. The molecule has 2 aromatic rings. The number of ether oxygens (including phenoxy) is 8. The first-order valence-corrected chi connectivity index (χ1v) is 18.2. The molecule has 0 bridgehead atoms. The number of carboxylic acids is 1.